The molecule has 3 rings (SSSR count). The van der Waals surface area contributed by atoms with Crippen molar-refractivity contribution in [3.63, 3.8) is 0 Å². The van der Waals surface area contributed by atoms with Gasteiger partial charge in [0.05, 0.1) is 12.1 Å². The van der Waals surface area contributed by atoms with Gasteiger partial charge in [0, 0.05) is 49.6 Å². The number of pyridine rings is 1. The highest BCUT2D eigenvalue weighted by Gasteiger charge is 2.30. The van der Waals surface area contributed by atoms with Crippen molar-refractivity contribution in [1.29, 1.82) is 0 Å². The third-order valence-electron chi connectivity index (χ3n) is 4.57. The van der Waals surface area contributed by atoms with Crippen molar-refractivity contribution in [2.45, 2.75) is 6.18 Å². The number of anilines is 1. The van der Waals surface area contributed by atoms with Gasteiger partial charge in [-0.1, -0.05) is 0 Å². The molecule has 1 aromatic carbocycles. The molecule has 1 aliphatic heterocycles. The van der Waals surface area contributed by atoms with Crippen molar-refractivity contribution in [3.8, 4) is 0 Å². The molecule has 148 valence electrons. The number of benzene rings is 1. The van der Waals surface area contributed by atoms with Crippen molar-refractivity contribution in [1.82, 2.24) is 10.2 Å². The zero-order valence-corrected chi connectivity index (χ0v) is 15.0. The van der Waals surface area contributed by atoms with Gasteiger partial charge in [-0.05, 0) is 24.3 Å². The van der Waals surface area contributed by atoms with Crippen LogP contribution in [0.15, 0.2) is 48.8 Å². The van der Waals surface area contributed by atoms with Gasteiger partial charge in [-0.15, -0.1) is 0 Å². The lowest BCUT2D eigenvalue weighted by Crippen LogP contribution is -2.51. The van der Waals surface area contributed by atoms with Crippen LogP contribution in [0.5, 0.6) is 0 Å². The Labute approximate surface area is 160 Å². The first kappa shape index (κ1) is 19.7. The van der Waals surface area contributed by atoms with Gasteiger partial charge in [-0.25, -0.2) is 4.98 Å². The summed E-state index contributed by atoms with van der Waals surface area (Å²) < 4.78 is 37.7. The standard InChI is InChI=1S/C19H19F3N4O2/c20-19(21,22)15-3-1-14(2-4-15)18(28)24-13-17(27)26-11-9-25(10-12-26)16-5-7-23-8-6-16/h1-8H,9-13H2,(H,24,28)/p+1. The SMILES string of the molecule is O=C(NCC(=O)N1CCN(c2cc[nH+]cc2)CC1)c1ccc(C(F)(F)F)cc1. The number of alkyl halides is 3. The third kappa shape index (κ3) is 4.79. The summed E-state index contributed by atoms with van der Waals surface area (Å²) in [4.78, 5) is 31.2. The lowest BCUT2D eigenvalue weighted by Gasteiger charge is -2.35. The number of piperazine rings is 1. The predicted molar refractivity (Wildman–Crippen MR) is 95.6 cm³/mol. The predicted octanol–water partition coefficient (Wildman–Crippen LogP) is 1.60. The molecule has 0 radical (unpaired) electrons. The van der Waals surface area contributed by atoms with Crippen LogP contribution >= 0.6 is 0 Å². The lowest BCUT2D eigenvalue weighted by atomic mass is 10.1. The molecule has 1 aromatic heterocycles. The molecule has 2 heterocycles. The minimum Gasteiger partial charge on any atom is -0.368 e. The summed E-state index contributed by atoms with van der Waals surface area (Å²) in [5, 5.41) is 2.47. The van der Waals surface area contributed by atoms with E-state index in [1.54, 1.807) is 4.90 Å². The molecule has 0 saturated carbocycles. The van der Waals surface area contributed by atoms with Gasteiger partial charge in [0.25, 0.3) is 5.91 Å². The van der Waals surface area contributed by atoms with E-state index < -0.39 is 17.6 Å². The van der Waals surface area contributed by atoms with E-state index in [1.165, 1.54) is 0 Å². The number of aromatic nitrogens is 1. The molecule has 2 N–H and O–H groups in total. The highest BCUT2D eigenvalue weighted by atomic mass is 19.4. The maximum atomic E-state index is 12.6. The molecular weight excluding hydrogens is 373 g/mol. The fourth-order valence-electron chi connectivity index (χ4n) is 2.98. The topological polar surface area (TPSA) is 66.8 Å². The highest BCUT2D eigenvalue weighted by Crippen LogP contribution is 2.29. The summed E-state index contributed by atoms with van der Waals surface area (Å²) in [6, 6.07) is 7.80. The van der Waals surface area contributed by atoms with Gasteiger partial charge >= 0.3 is 6.18 Å². The smallest absolute Gasteiger partial charge is 0.368 e. The van der Waals surface area contributed by atoms with Crippen molar-refractivity contribution in [2.24, 2.45) is 0 Å². The Morgan fingerprint density at radius 2 is 1.57 bits per heavy atom. The Morgan fingerprint density at radius 1 is 0.964 bits per heavy atom. The van der Waals surface area contributed by atoms with Crippen LogP contribution < -0.4 is 15.2 Å². The lowest BCUT2D eigenvalue weighted by molar-refractivity contribution is -0.377. The van der Waals surface area contributed by atoms with Gasteiger partial charge in [0.2, 0.25) is 5.91 Å². The number of nitrogens with zero attached hydrogens (tertiary/aromatic N) is 2. The van der Waals surface area contributed by atoms with E-state index in [1.807, 2.05) is 24.5 Å². The number of amides is 2. The van der Waals surface area contributed by atoms with E-state index in [0.29, 0.717) is 26.2 Å². The summed E-state index contributed by atoms with van der Waals surface area (Å²) in [6.07, 6.45) is -0.779. The minimum absolute atomic E-state index is 0.0755. The van der Waals surface area contributed by atoms with Gasteiger partial charge in [0.1, 0.15) is 0 Å². The molecule has 0 spiro atoms. The van der Waals surface area contributed by atoms with E-state index >= 15 is 0 Å². The zero-order valence-electron chi connectivity index (χ0n) is 15.0. The second-order valence-corrected chi connectivity index (χ2v) is 6.38. The fourth-order valence-corrected chi connectivity index (χ4v) is 2.98. The number of rotatable bonds is 4. The van der Waals surface area contributed by atoms with Gasteiger partial charge in [0.15, 0.2) is 12.4 Å². The number of carbonyl (C=O) groups is 2. The largest absolute Gasteiger partial charge is 0.416 e. The molecule has 0 unspecified atom stereocenters. The molecule has 1 aliphatic rings. The average Bonchev–Trinajstić information content (AvgIpc) is 2.72. The maximum Gasteiger partial charge on any atom is 0.416 e. The van der Waals surface area contributed by atoms with Crippen LogP contribution in [0.2, 0.25) is 0 Å². The summed E-state index contributed by atoms with van der Waals surface area (Å²) in [6.45, 7) is 2.24. The Kier molecular flexibility index (Phi) is 5.81. The van der Waals surface area contributed by atoms with Crippen LogP contribution in [-0.4, -0.2) is 49.4 Å². The van der Waals surface area contributed by atoms with Crippen LogP contribution in [-0.2, 0) is 11.0 Å². The van der Waals surface area contributed by atoms with Crippen molar-refractivity contribution in [2.75, 3.05) is 37.6 Å². The van der Waals surface area contributed by atoms with Gasteiger partial charge in [-0.2, -0.15) is 13.2 Å². The molecule has 9 heteroatoms. The molecule has 2 aromatic rings. The Balaban J connectivity index is 1.47. The quantitative estimate of drug-likeness (QED) is 0.858. The molecule has 2 amide bonds. The first-order valence-corrected chi connectivity index (χ1v) is 8.79. The first-order chi connectivity index (χ1) is 13.3. The second kappa shape index (κ2) is 8.28. The van der Waals surface area contributed by atoms with Gasteiger partial charge < -0.3 is 15.1 Å². The molecule has 1 fully saturated rings. The normalized spacial score (nSPS) is 14.7. The van der Waals surface area contributed by atoms with Crippen LogP contribution in [0.3, 0.4) is 0 Å². The Hall–Kier alpha value is -3.10. The third-order valence-corrected chi connectivity index (χ3v) is 4.57. The number of H-pyrrole nitrogens is 1. The first-order valence-electron chi connectivity index (χ1n) is 8.79. The van der Waals surface area contributed by atoms with E-state index in [9.17, 15) is 22.8 Å². The van der Waals surface area contributed by atoms with E-state index in [4.69, 9.17) is 0 Å². The van der Waals surface area contributed by atoms with Crippen LogP contribution in [0, 0.1) is 0 Å². The highest BCUT2D eigenvalue weighted by molar-refractivity contribution is 5.96. The minimum atomic E-state index is -4.45. The van der Waals surface area contributed by atoms with Crippen LogP contribution in [0.4, 0.5) is 18.9 Å². The number of nitrogens with one attached hydrogen (secondary N) is 2. The van der Waals surface area contributed by atoms with Crippen molar-refractivity contribution < 1.29 is 27.7 Å². The molecular formula is C19H20F3N4O2+. The second-order valence-electron chi connectivity index (χ2n) is 6.38. The van der Waals surface area contributed by atoms with Crippen molar-refractivity contribution in [3.05, 3.63) is 59.9 Å². The van der Waals surface area contributed by atoms with Crippen LogP contribution in [0.25, 0.3) is 0 Å². The Morgan fingerprint density at radius 3 is 2.14 bits per heavy atom. The maximum absolute atomic E-state index is 12.6. The number of aromatic amines is 1. The molecule has 1 saturated heterocycles. The summed E-state index contributed by atoms with van der Waals surface area (Å²) in [5.74, 6) is -0.803. The van der Waals surface area contributed by atoms with E-state index in [0.717, 1.165) is 30.0 Å². The van der Waals surface area contributed by atoms with Crippen molar-refractivity contribution >= 4 is 17.5 Å². The molecule has 0 atom stereocenters. The average molecular weight is 393 g/mol. The summed E-state index contributed by atoms with van der Waals surface area (Å²) >= 11 is 0. The summed E-state index contributed by atoms with van der Waals surface area (Å²) in [7, 11) is 0. The zero-order chi connectivity index (χ0) is 20.1. The number of hydrogen-bond donors (Lipinski definition) is 1. The van der Waals surface area contributed by atoms with E-state index in [-0.39, 0.29) is 18.0 Å². The molecule has 0 bridgehead atoms. The fraction of sp³-hybridized carbons (Fsp3) is 0.316. The van der Waals surface area contributed by atoms with Gasteiger partial charge in [-0.3, -0.25) is 9.59 Å². The van der Waals surface area contributed by atoms with E-state index in [2.05, 4.69) is 15.2 Å². The Bertz CT molecular complexity index is 817. The number of hydrogen-bond acceptors (Lipinski definition) is 3. The number of halogens is 3. The summed E-state index contributed by atoms with van der Waals surface area (Å²) in [5.41, 5.74) is 0.322. The molecule has 6 nitrogen and oxygen atoms in total. The number of carbonyl (C=O) groups excluding carboxylic acids is 2. The van der Waals surface area contributed by atoms with Crippen LogP contribution in [0.1, 0.15) is 15.9 Å². The molecule has 0 aliphatic carbocycles. The molecule has 28 heavy (non-hydrogen) atoms. The monoisotopic (exact) mass is 393 g/mol.